The molecule has 0 radical (unpaired) electrons. The van der Waals surface area contributed by atoms with E-state index in [-0.39, 0.29) is 12.1 Å². The molecule has 0 spiro atoms. The molecule has 0 amide bonds. The van der Waals surface area contributed by atoms with Gasteiger partial charge in [0.15, 0.2) is 17.5 Å². The smallest absolute Gasteiger partial charge is 0.371 e. The number of piperidine rings is 1. The maximum Gasteiger partial charge on any atom is 0.416 e. The van der Waals surface area contributed by atoms with Crippen molar-refractivity contribution in [3.05, 3.63) is 65.1 Å². The number of halogens is 3. The number of fused-ring (bicyclic) bond motifs is 2. The zero-order valence-electron chi connectivity index (χ0n) is 19.6. The highest BCUT2D eigenvalue weighted by molar-refractivity contribution is 5.68. The Morgan fingerprint density at radius 1 is 1.03 bits per heavy atom. The van der Waals surface area contributed by atoms with Gasteiger partial charge in [0, 0.05) is 25.8 Å². The number of benzene rings is 1. The van der Waals surface area contributed by atoms with Gasteiger partial charge in [0.05, 0.1) is 11.9 Å². The van der Waals surface area contributed by atoms with E-state index in [0.717, 1.165) is 30.6 Å². The van der Waals surface area contributed by atoms with Crippen molar-refractivity contribution >= 4 is 16.9 Å². The lowest BCUT2D eigenvalue weighted by Gasteiger charge is -2.20. The van der Waals surface area contributed by atoms with Crippen molar-refractivity contribution in [3.63, 3.8) is 0 Å². The molecule has 9 nitrogen and oxygen atoms in total. The van der Waals surface area contributed by atoms with Crippen LogP contribution in [0.25, 0.3) is 11.2 Å². The van der Waals surface area contributed by atoms with E-state index in [1.807, 2.05) is 13.8 Å². The van der Waals surface area contributed by atoms with Crippen LogP contribution in [-0.4, -0.2) is 42.3 Å². The third kappa shape index (κ3) is 5.36. The molecule has 4 heterocycles. The Balaban J connectivity index is 0.000000155. The molecule has 1 aromatic carbocycles. The normalized spacial score (nSPS) is 18.4. The summed E-state index contributed by atoms with van der Waals surface area (Å²) in [7, 11) is 1.75. The summed E-state index contributed by atoms with van der Waals surface area (Å²) in [6, 6.07) is 5.49. The van der Waals surface area contributed by atoms with Crippen LogP contribution in [0.15, 0.2) is 52.6 Å². The summed E-state index contributed by atoms with van der Waals surface area (Å²) in [5.41, 5.74) is 1.04. The molecule has 6 rings (SSSR count). The van der Waals surface area contributed by atoms with Gasteiger partial charge in [-0.3, -0.25) is 9.36 Å². The molecule has 2 fully saturated rings. The molecule has 12 heteroatoms. The highest BCUT2D eigenvalue weighted by Gasteiger charge is 2.45. The number of nitrogens with zero attached hydrogens (tertiary/aromatic N) is 7. The summed E-state index contributed by atoms with van der Waals surface area (Å²) >= 11 is 0. The molecule has 1 saturated heterocycles. The quantitative estimate of drug-likeness (QED) is 0.433. The molecule has 0 bridgehead atoms. The number of aryl methyl sites for hydroxylation is 1. The fraction of sp³-hybridized carbons (Fsp3) is 0.435. The first-order valence-corrected chi connectivity index (χ1v) is 11.3. The molecule has 2 aliphatic rings. The van der Waals surface area contributed by atoms with Crippen LogP contribution >= 0.6 is 0 Å². The Bertz CT molecular complexity index is 1300. The van der Waals surface area contributed by atoms with E-state index < -0.39 is 11.7 Å². The molecule has 186 valence electrons. The summed E-state index contributed by atoms with van der Waals surface area (Å²) in [5, 5.41) is 3.48. The lowest BCUT2D eigenvalue weighted by molar-refractivity contribution is -0.137. The lowest BCUT2D eigenvalue weighted by atomic mass is 10.2. The van der Waals surface area contributed by atoms with E-state index in [4.69, 9.17) is 4.52 Å². The average Bonchev–Trinajstić information content (AvgIpc) is 3.23. The van der Waals surface area contributed by atoms with Gasteiger partial charge >= 0.3 is 6.18 Å². The average molecular weight is 490 g/mol. The highest BCUT2D eigenvalue weighted by atomic mass is 19.4. The Hall–Kier alpha value is -3.70. The van der Waals surface area contributed by atoms with Crippen molar-refractivity contribution in [3.8, 4) is 0 Å². The lowest BCUT2D eigenvalue weighted by Crippen LogP contribution is -2.22. The number of anilines is 1. The summed E-state index contributed by atoms with van der Waals surface area (Å²) < 4.78 is 44.9. The Morgan fingerprint density at radius 2 is 1.69 bits per heavy atom. The van der Waals surface area contributed by atoms with Gasteiger partial charge in [0.2, 0.25) is 5.89 Å². The summed E-state index contributed by atoms with van der Waals surface area (Å²) in [6.45, 7) is 6.22. The van der Waals surface area contributed by atoms with Crippen LogP contribution in [-0.2, 0) is 19.8 Å². The van der Waals surface area contributed by atoms with Crippen LogP contribution in [0.2, 0.25) is 0 Å². The first-order valence-electron chi connectivity index (χ1n) is 11.3. The number of hydrogen-bond donors (Lipinski definition) is 0. The van der Waals surface area contributed by atoms with Crippen molar-refractivity contribution < 1.29 is 17.7 Å². The Labute approximate surface area is 199 Å². The number of rotatable bonds is 3. The minimum atomic E-state index is -4.23. The fourth-order valence-electron chi connectivity index (χ4n) is 4.07. The molecule has 4 aromatic rings. The predicted molar refractivity (Wildman–Crippen MR) is 123 cm³/mol. The van der Waals surface area contributed by atoms with Gasteiger partial charge in [-0.25, -0.2) is 9.97 Å². The molecule has 1 aliphatic heterocycles. The van der Waals surface area contributed by atoms with Crippen molar-refractivity contribution in [2.24, 2.45) is 18.9 Å². The standard InChI is InChI=1S/C12H12F3N.C9H8N6O2.C2H6/c13-12(14,15)10-1-3-11(4-2-10)16-6-8-5-9(8)7-16;1-14-4-11-8-7(14)9(16)15(5-12-8)2-6-10-3-13-17-6;1-2/h1-4,8-9H,5-7H2;3-5H,2H2,1H3;1-2H3/t8-,9+;;. The van der Waals surface area contributed by atoms with Gasteiger partial charge in [0.25, 0.3) is 5.56 Å². The molecular weight excluding hydrogens is 463 g/mol. The number of alkyl halides is 3. The second kappa shape index (κ2) is 9.88. The number of imidazole rings is 1. The summed E-state index contributed by atoms with van der Waals surface area (Å²) in [4.78, 5) is 26.2. The second-order valence-corrected chi connectivity index (χ2v) is 8.25. The SMILES string of the molecule is CC.Cn1cnc2ncn(Cc3ncno3)c(=O)c21.FC(F)(F)c1ccc(N2C[C@H]3C[C@H]3C2)cc1. The van der Waals surface area contributed by atoms with Gasteiger partial charge in [-0.1, -0.05) is 19.0 Å². The molecular formula is C23H26F3N7O2. The van der Waals surface area contributed by atoms with Crippen molar-refractivity contribution in [2.45, 2.75) is 33.0 Å². The van der Waals surface area contributed by atoms with Crippen molar-refractivity contribution in [2.75, 3.05) is 18.0 Å². The highest BCUT2D eigenvalue weighted by Crippen LogP contribution is 2.46. The van der Waals surface area contributed by atoms with E-state index in [0.29, 0.717) is 17.1 Å². The van der Waals surface area contributed by atoms with Crippen molar-refractivity contribution in [1.29, 1.82) is 0 Å². The molecule has 0 N–H and O–H groups in total. The van der Waals surface area contributed by atoms with Gasteiger partial charge in [0.1, 0.15) is 12.9 Å². The topological polar surface area (TPSA) is 94.9 Å². The monoisotopic (exact) mass is 489 g/mol. The molecule has 0 unspecified atom stereocenters. The predicted octanol–water partition coefficient (Wildman–Crippen LogP) is 3.75. The summed E-state index contributed by atoms with van der Waals surface area (Å²) in [5.74, 6) is 1.94. The zero-order chi connectivity index (χ0) is 25.2. The van der Waals surface area contributed by atoms with Crippen LogP contribution in [0.5, 0.6) is 0 Å². The first kappa shape index (κ1) is 24.4. The zero-order valence-corrected chi connectivity index (χ0v) is 19.6. The van der Waals surface area contributed by atoms with E-state index >= 15 is 0 Å². The van der Waals surface area contributed by atoms with Gasteiger partial charge in [-0.05, 0) is 42.5 Å². The molecule has 1 saturated carbocycles. The largest absolute Gasteiger partial charge is 0.416 e. The van der Waals surface area contributed by atoms with Gasteiger partial charge in [-0.2, -0.15) is 18.2 Å². The molecule has 1 aliphatic carbocycles. The molecule has 3 aromatic heterocycles. The van der Waals surface area contributed by atoms with E-state index in [2.05, 4.69) is 25.0 Å². The fourth-order valence-corrected chi connectivity index (χ4v) is 4.07. The summed E-state index contributed by atoms with van der Waals surface area (Å²) in [6.07, 6.45) is 1.33. The number of hydrogen-bond acceptors (Lipinski definition) is 7. The minimum Gasteiger partial charge on any atom is -0.371 e. The van der Waals surface area contributed by atoms with Crippen LogP contribution < -0.4 is 10.5 Å². The first-order chi connectivity index (χ1) is 16.8. The van der Waals surface area contributed by atoms with Gasteiger partial charge in [-0.15, -0.1) is 0 Å². The maximum atomic E-state index is 12.4. The van der Waals surface area contributed by atoms with Crippen molar-refractivity contribution in [1.82, 2.24) is 29.2 Å². The van der Waals surface area contributed by atoms with Crippen LogP contribution in [0, 0.1) is 11.8 Å². The second-order valence-electron chi connectivity index (χ2n) is 8.25. The van der Waals surface area contributed by atoms with Crippen LogP contribution in [0.1, 0.15) is 31.7 Å². The minimum absolute atomic E-state index is 0.187. The number of aromatic nitrogens is 6. The van der Waals surface area contributed by atoms with E-state index in [9.17, 15) is 18.0 Å². The Morgan fingerprint density at radius 3 is 2.29 bits per heavy atom. The van der Waals surface area contributed by atoms with Crippen LogP contribution in [0.3, 0.4) is 0 Å². The van der Waals surface area contributed by atoms with Gasteiger partial charge < -0.3 is 14.0 Å². The molecule has 2 atom stereocenters. The van der Waals surface area contributed by atoms with Crippen LogP contribution in [0.4, 0.5) is 18.9 Å². The van der Waals surface area contributed by atoms with E-state index in [1.54, 1.807) is 30.1 Å². The third-order valence-corrected chi connectivity index (χ3v) is 5.95. The van der Waals surface area contributed by atoms with E-state index in [1.165, 1.54) is 35.8 Å². The third-order valence-electron chi connectivity index (χ3n) is 5.95. The molecule has 35 heavy (non-hydrogen) atoms. The maximum absolute atomic E-state index is 12.4. The Kier molecular flexibility index (Phi) is 6.90.